The summed E-state index contributed by atoms with van der Waals surface area (Å²) in [5, 5.41) is 16.7. The minimum Gasteiger partial charge on any atom is -0.480 e. The van der Waals surface area contributed by atoms with E-state index < -0.39 is 18.4 Å². The molecule has 0 spiro atoms. The van der Waals surface area contributed by atoms with Crippen LogP contribution in [0.2, 0.25) is 0 Å². The number of rotatable bonds is 10. The van der Waals surface area contributed by atoms with E-state index in [0.717, 1.165) is 27.1 Å². The molecular formula is C36H29N5O5S. The van der Waals surface area contributed by atoms with Crippen LogP contribution in [0.4, 0.5) is 5.69 Å². The summed E-state index contributed by atoms with van der Waals surface area (Å²) in [6, 6.07) is 29.7. The van der Waals surface area contributed by atoms with Gasteiger partial charge < -0.3 is 19.8 Å². The highest BCUT2D eigenvalue weighted by atomic mass is 32.1. The number of hydrogen-bond donors (Lipinski definition) is 2. The fourth-order valence-electron chi connectivity index (χ4n) is 4.87. The molecule has 0 aliphatic heterocycles. The summed E-state index contributed by atoms with van der Waals surface area (Å²) in [7, 11) is 0. The summed E-state index contributed by atoms with van der Waals surface area (Å²) in [4.78, 5) is 48.2. The second-order valence-electron chi connectivity index (χ2n) is 10.9. The van der Waals surface area contributed by atoms with Crippen molar-refractivity contribution in [3.63, 3.8) is 0 Å². The molecule has 2 amide bonds. The highest BCUT2D eigenvalue weighted by molar-refractivity contribution is 7.13. The number of aliphatic carboxylic acids is 1. The van der Waals surface area contributed by atoms with Crippen LogP contribution in [0, 0.1) is 13.8 Å². The zero-order valence-electron chi connectivity index (χ0n) is 25.5. The molecule has 2 heterocycles. The molecule has 11 heteroatoms. The van der Waals surface area contributed by atoms with Crippen molar-refractivity contribution >= 4 is 34.8 Å². The molecule has 0 fully saturated rings. The van der Waals surface area contributed by atoms with Crippen molar-refractivity contribution in [3.8, 4) is 34.0 Å². The van der Waals surface area contributed by atoms with Gasteiger partial charge in [-0.1, -0.05) is 71.4 Å². The van der Waals surface area contributed by atoms with E-state index in [9.17, 15) is 19.5 Å². The van der Waals surface area contributed by atoms with Crippen LogP contribution in [-0.2, 0) is 11.3 Å². The van der Waals surface area contributed by atoms with Crippen LogP contribution in [0.3, 0.4) is 0 Å². The maximum Gasteiger partial charge on any atom is 0.323 e. The van der Waals surface area contributed by atoms with E-state index in [1.54, 1.807) is 54.7 Å². The van der Waals surface area contributed by atoms with Crippen molar-refractivity contribution in [3.05, 3.63) is 130 Å². The Morgan fingerprint density at radius 3 is 2.04 bits per heavy atom. The number of thiazole rings is 1. The highest BCUT2D eigenvalue weighted by Gasteiger charge is 2.20. The van der Waals surface area contributed by atoms with Crippen LogP contribution in [0.1, 0.15) is 36.2 Å². The number of benzene rings is 4. The van der Waals surface area contributed by atoms with Crippen molar-refractivity contribution in [2.24, 2.45) is 0 Å². The molecule has 0 atom stereocenters. The third kappa shape index (κ3) is 7.48. The van der Waals surface area contributed by atoms with Gasteiger partial charge in [0.15, 0.2) is 5.01 Å². The van der Waals surface area contributed by atoms with Crippen molar-refractivity contribution in [1.29, 1.82) is 0 Å². The van der Waals surface area contributed by atoms with Crippen LogP contribution in [-0.4, -0.2) is 49.5 Å². The number of hydrogen-bond acceptors (Lipinski definition) is 8. The normalized spacial score (nSPS) is 10.9. The molecule has 0 saturated carbocycles. The van der Waals surface area contributed by atoms with E-state index in [2.05, 4.69) is 51.6 Å². The number of carbonyl (C=O) groups is 3. The lowest BCUT2D eigenvalue weighted by atomic mass is 10.0. The Balaban J connectivity index is 1.11. The molecular weight excluding hydrogens is 614 g/mol. The Bertz CT molecular complexity index is 2030. The number of amides is 2. The molecule has 4 aromatic carbocycles. The molecule has 0 bridgehead atoms. The van der Waals surface area contributed by atoms with Crippen molar-refractivity contribution in [1.82, 2.24) is 20.0 Å². The second-order valence-corrected chi connectivity index (χ2v) is 12.2. The lowest BCUT2D eigenvalue weighted by Gasteiger charge is -2.21. The molecule has 2 aromatic heterocycles. The predicted octanol–water partition coefficient (Wildman–Crippen LogP) is 7.12. The lowest BCUT2D eigenvalue weighted by Crippen LogP contribution is -2.35. The highest BCUT2D eigenvalue weighted by Crippen LogP contribution is 2.27. The number of anilines is 1. The van der Waals surface area contributed by atoms with E-state index in [0.29, 0.717) is 28.0 Å². The van der Waals surface area contributed by atoms with Crippen molar-refractivity contribution in [2.75, 3.05) is 11.9 Å². The number of aromatic nitrogens is 3. The zero-order valence-corrected chi connectivity index (χ0v) is 26.3. The molecule has 0 unspecified atom stereocenters. The van der Waals surface area contributed by atoms with E-state index in [1.807, 2.05) is 31.2 Å². The number of carboxylic acid groups (broad SMARTS) is 1. The maximum atomic E-state index is 13.3. The molecule has 0 aliphatic rings. The summed E-state index contributed by atoms with van der Waals surface area (Å²) in [6.07, 6.45) is 1.63. The van der Waals surface area contributed by atoms with Gasteiger partial charge in [-0.15, -0.1) is 11.3 Å². The summed E-state index contributed by atoms with van der Waals surface area (Å²) >= 11 is 1.28. The van der Waals surface area contributed by atoms with Gasteiger partial charge in [-0.05, 0) is 66.9 Å². The van der Waals surface area contributed by atoms with E-state index in [-0.39, 0.29) is 18.0 Å². The number of nitrogens with one attached hydrogen (secondary N) is 1. The number of carbonyl (C=O) groups excluding carboxylic acids is 2. The zero-order chi connectivity index (χ0) is 32.9. The Labute approximate surface area is 274 Å². The maximum absolute atomic E-state index is 13.3. The Morgan fingerprint density at radius 2 is 1.43 bits per heavy atom. The summed E-state index contributed by atoms with van der Waals surface area (Å²) in [6.45, 7) is 3.50. The van der Waals surface area contributed by atoms with Gasteiger partial charge in [0.25, 0.3) is 17.7 Å². The van der Waals surface area contributed by atoms with Crippen LogP contribution < -0.4 is 5.32 Å². The first-order valence-electron chi connectivity index (χ1n) is 14.7. The first-order valence-corrected chi connectivity index (χ1v) is 15.5. The van der Waals surface area contributed by atoms with Crippen LogP contribution in [0.15, 0.2) is 108 Å². The smallest absolute Gasteiger partial charge is 0.323 e. The average Bonchev–Trinajstić information content (AvgIpc) is 3.75. The molecule has 0 aliphatic carbocycles. The van der Waals surface area contributed by atoms with E-state index in [1.165, 1.54) is 21.8 Å². The minimum atomic E-state index is -1.14. The van der Waals surface area contributed by atoms with Gasteiger partial charge in [-0.3, -0.25) is 14.4 Å². The topological polar surface area (TPSA) is 139 Å². The molecule has 0 radical (unpaired) electrons. The Morgan fingerprint density at radius 1 is 0.809 bits per heavy atom. The van der Waals surface area contributed by atoms with Gasteiger partial charge in [-0.2, -0.15) is 4.98 Å². The summed E-state index contributed by atoms with van der Waals surface area (Å²) < 4.78 is 5.53. The van der Waals surface area contributed by atoms with Gasteiger partial charge >= 0.3 is 5.97 Å². The first kappa shape index (κ1) is 31.1. The van der Waals surface area contributed by atoms with E-state index in [4.69, 9.17) is 4.52 Å². The summed E-state index contributed by atoms with van der Waals surface area (Å²) in [5.74, 6) is -1.14. The van der Waals surface area contributed by atoms with Crippen LogP contribution >= 0.6 is 11.3 Å². The van der Waals surface area contributed by atoms with Crippen LogP contribution in [0.25, 0.3) is 34.0 Å². The SMILES string of the molecule is Cc1ccc(-c2ccc(-c3nc(-c4ccc(CN(CC(=O)O)C(=O)c5ccc(NC(=O)c6ncc(C)s6)cc5)cc4)no3)cc2)cc1. The van der Waals surface area contributed by atoms with Gasteiger partial charge in [0.1, 0.15) is 6.54 Å². The summed E-state index contributed by atoms with van der Waals surface area (Å²) in [5.41, 5.74) is 6.42. The quantitative estimate of drug-likeness (QED) is 0.161. The second kappa shape index (κ2) is 13.6. The molecule has 47 heavy (non-hydrogen) atoms. The molecule has 2 N–H and O–H groups in total. The van der Waals surface area contributed by atoms with Gasteiger partial charge in [0.05, 0.1) is 0 Å². The van der Waals surface area contributed by atoms with Crippen molar-refractivity contribution < 1.29 is 24.0 Å². The fourth-order valence-corrected chi connectivity index (χ4v) is 5.53. The number of nitrogens with zero attached hydrogens (tertiary/aromatic N) is 4. The predicted molar refractivity (Wildman–Crippen MR) is 179 cm³/mol. The third-order valence-electron chi connectivity index (χ3n) is 7.35. The van der Waals surface area contributed by atoms with Gasteiger partial charge in [0.2, 0.25) is 5.82 Å². The van der Waals surface area contributed by atoms with Crippen molar-refractivity contribution in [2.45, 2.75) is 20.4 Å². The molecule has 234 valence electrons. The fraction of sp³-hybridized carbons (Fsp3) is 0.111. The molecule has 6 rings (SSSR count). The van der Waals surface area contributed by atoms with Crippen LogP contribution in [0.5, 0.6) is 0 Å². The molecule has 10 nitrogen and oxygen atoms in total. The van der Waals surface area contributed by atoms with Gasteiger partial charge in [0, 0.05) is 40.0 Å². The Hall–Kier alpha value is -5.94. The third-order valence-corrected chi connectivity index (χ3v) is 8.26. The molecule has 6 aromatic rings. The van der Waals surface area contributed by atoms with E-state index >= 15 is 0 Å². The number of aryl methyl sites for hydroxylation is 2. The number of carboxylic acids is 1. The molecule has 0 saturated heterocycles. The standard InChI is InChI=1S/C36H29N5O5S/c1-22-3-7-25(8-4-22)26-11-13-28(14-12-26)34-39-32(40-46-34)27-9-5-24(6-10-27)20-41(21-31(42)43)36(45)29-15-17-30(18-16-29)38-33(44)35-37-19-23(2)47-35/h3-19H,20-21H2,1-2H3,(H,38,44)(H,42,43). The average molecular weight is 644 g/mol. The first-order chi connectivity index (χ1) is 22.7. The largest absolute Gasteiger partial charge is 0.480 e. The minimum absolute atomic E-state index is 0.0676. The lowest BCUT2D eigenvalue weighted by molar-refractivity contribution is -0.137. The Kier molecular flexibility index (Phi) is 8.98. The van der Waals surface area contributed by atoms with Gasteiger partial charge in [-0.25, -0.2) is 4.98 Å². The monoisotopic (exact) mass is 643 g/mol.